The van der Waals surface area contributed by atoms with Gasteiger partial charge in [-0.2, -0.15) is 5.26 Å². The molecule has 5 heteroatoms. The molecule has 0 fully saturated rings. The number of carbonyl (C=O) groups is 1. The summed E-state index contributed by atoms with van der Waals surface area (Å²) in [6.45, 7) is 2.21. The molecular formula is C9H9BrN2O2. The number of aromatic nitrogens is 1. The summed E-state index contributed by atoms with van der Waals surface area (Å²) in [4.78, 5) is 11.4. The highest BCUT2D eigenvalue weighted by molar-refractivity contribution is 9.10. The fraction of sp³-hybridized carbons (Fsp3) is 0.333. The number of esters is 1. The summed E-state index contributed by atoms with van der Waals surface area (Å²) in [5.41, 5.74) is 0.389. The Bertz CT molecular complexity index is 379. The van der Waals surface area contributed by atoms with Gasteiger partial charge in [-0.1, -0.05) is 0 Å². The van der Waals surface area contributed by atoms with Crippen LogP contribution in [0.1, 0.15) is 17.4 Å². The molecule has 0 bridgehead atoms. The van der Waals surface area contributed by atoms with Crippen LogP contribution in [0, 0.1) is 11.3 Å². The van der Waals surface area contributed by atoms with Crippen molar-refractivity contribution in [3.8, 4) is 6.07 Å². The van der Waals surface area contributed by atoms with Gasteiger partial charge in [-0.05, 0) is 28.9 Å². The number of nitriles is 1. The first-order valence-corrected chi connectivity index (χ1v) is 4.88. The maximum absolute atomic E-state index is 11.4. The SMILES string of the molecule is CCOC(=O)c1cc(Br)cn1CC#N. The Morgan fingerprint density at radius 1 is 1.79 bits per heavy atom. The predicted molar refractivity (Wildman–Crippen MR) is 53.7 cm³/mol. The van der Waals surface area contributed by atoms with E-state index in [-0.39, 0.29) is 6.54 Å². The summed E-state index contributed by atoms with van der Waals surface area (Å²) >= 11 is 3.23. The van der Waals surface area contributed by atoms with Crippen molar-refractivity contribution < 1.29 is 9.53 Å². The summed E-state index contributed by atoms with van der Waals surface area (Å²) in [7, 11) is 0. The Hall–Kier alpha value is -1.28. The fourth-order valence-electron chi connectivity index (χ4n) is 1.06. The van der Waals surface area contributed by atoms with Crippen molar-refractivity contribution >= 4 is 21.9 Å². The van der Waals surface area contributed by atoms with Gasteiger partial charge >= 0.3 is 5.97 Å². The van der Waals surface area contributed by atoms with Gasteiger partial charge in [-0.3, -0.25) is 0 Å². The van der Waals surface area contributed by atoms with Crippen molar-refractivity contribution in [2.24, 2.45) is 0 Å². The first-order valence-electron chi connectivity index (χ1n) is 4.08. The lowest BCUT2D eigenvalue weighted by Gasteiger charge is -2.03. The Labute approximate surface area is 90.2 Å². The molecule has 1 heterocycles. The van der Waals surface area contributed by atoms with Gasteiger partial charge in [0, 0.05) is 10.7 Å². The van der Waals surface area contributed by atoms with Gasteiger partial charge in [0.1, 0.15) is 12.2 Å². The molecule has 0 atom stereocenters. The van der Waals surface area contributed by atoms with Crippen molar-refractivity contribution in [3.63, 3.8) is 0 Å². The summed E-state index contributed by atoms with van der Waals surface area (Å²) in [6, 6.07) is 3.60. The first-order chi connectivity index (χ1) is 6.69. The molecule has 4 nitrogen and oxygen atoms in total. The molecule has 1 aromatic rings. The minimum atomic E-state index is -0.409. The minimum absolute atomic E-state index is 0.139. The normalized spacial score (nSPS) is 9.50. The molecule has 0 aliphatic carbocycles. The maximum atomic E-state index is 11.4. The first kappa shape index (κ1) is 10.8. The van der Waals surface area contributed by atoms with Crippen LogP contribution >= 0.6 is 15.9 Å². The predicted octanol–water partition coefficient (Wildman–Crippen LogP) is 1.95. The van der Waals surface area contributed by atoms with Crippen LogP contribution in [-0.2, 0) is 11.3 Å². The van der Waals surface area contributed by atoms with Gasteiger partial charge in [0.05, 0.1) is 12.7 Å². The number of hydrogen-bond acceptors (Lipinski definition) is 3. The monoisotopic (exact) mass is 256 g/mol. The van der Waals surface area contributed by atoms with E-state index in [2.05, 4.69) is 15.9 Å². The fourth-order valence-corrected chi connectivity index (χ4v) is 1.52. The molecule has 74 valence electrons. The van der Waals surface area contributed by atoms with Crippen LogP contribution in [0.15, 0.2) is 16.7 Å². The van der Waals surface area contributed by atoms with Crippen LogP contribution in [0.3, 0.4) is 0 Å². The number of carbonyl (C=O) groups excluding carboxylic acids is 1. The second kappa shape index (κ2) is 4.82. The van der Waals surface area contributed by atoms with E-state index in [0.717, 1.165) is 4.47 Å². The molecule has 0 N–H and O–H groups in total. The summed E-state index contributed by atoms with van der Waals surface area (Å²) in [5.74, 6) is -0.409. The van der Waals surface area contributed by atoms with E-state index >= 15 is 0 Å². The van der Waals surface area contributed by atoms with Crippen LogP contribution in [0.5, 0.6) is 0 Å². The van der Waals surface area contributed by atoms with Crippen LogP contribution in [0.25, 0.3) is 0 Å². The summed E-state index contributed by atoms with van der Waals surface area (Å²) < 4.78 is 7.14. The standard InChI is InChI=1S/C9H9BrN2O2/c1-2-14-9(13)8-5-7(10)6-12(8)4-3-11/h5-6H,2,4H2,1H3. The second-order valence-electron chi connectivity index (χ2n) is 2.55. The van der Waals surface area contributed by atoms with Gasteiger partial charge in [-0.25, -0.2) is 4.79 Å². The zero-order valence-corrected chi connectivity index (χ0v) is 9.24. The quantitative estimate of drug-likeness (QED) is 0.777. The molecule has 0 radical (unpaired) electrons. The summed E-state index contributed by atoms with van der Waals surface area (Å²) in [6.07, 6.45) is 1.68. The number of hydrogen-bond donors (Lipinski definition) is 0. The Balaban J connectivity index is 2.95. The highest BCUT2D eigenvalue weighted by Gasteiger charge is 2.13. The van der Waals surface area contributed by atoms with Gasteiger partial charge in [0.25, 0.3) is 0 Å². The summed E-state index contributed by atoms with van der Waals surface area (Å²) in [5, 5.41) is 8.53. The number of ether oxygens (including phenoxy) is 1. The highest BCUT2D eigenvalue weighted by atomic mass is 79.9. The van der Waals surface area contributed by atoms with E-state index in [4.69, 9.17) is 10.00 Å². The average Bonchev–Trinajstić information content (AvgIpc) is 2.48. The van der Waals surface area contributed by atoms with E-state index in [1.54, 1.807) is 23.8 Å². The molecular weight excluding hydrogens is 248 g/mol. The second-order valence-corrected chi connectivity index (χ2v) is 3.47. The molecule has 0 spiro atoms. The molecule has 0 saturated heterocycles. The molecule has 0 saturated carbocycles. The molecule has 14 heavy (non-hydrogen) atoms. The highest BCUT2D eigenvalue weighted by Crippen LogP contribution is 2.15. The lowest BCUT2D eigenvalue weighted by atomic mass is 10.4. The van der Waals surface area contributed by atoms with Crippen LogP contribution in [0.4, 0.5) is 0 Å². The average molecular weight is 257 g/mol. The zero-order chi connectivity index (χ0) is 10.6. The van der Waals surface area contributed by atoms with Crippen LogP contribution < -0.4 is 0 Å². The van der Waals surface area contributed by atoms with Gasteiger partial charge in [0.2, 0.25) is 0 Å². The number of rotatable bonds is 3. The minimum Gasteiger partial charge on any atom is -0.461 e. The third-order valence-corrected chi connectivity index (χ3v) is 2.02. The molecule has 0 aromatic carbocycles. The third-order valence-electron chi connectivity index (χ3n) is 1.59. The van der Waals surface area contributed by atoms with Crippen molar-refractivity contribution in [1.82, 2.24) is 4.57 Å². The van der Waals surface area contributed by atoms with E-state index < -0.39 is 5.97 Å². The molecule has 0 unspecified atom stereocenters. The Kier molecular flexibility index (Phi) is 3.72. The van der Waals surface area contributed by atoms with Crippen molar-refractivity contribution in [2.45, 2.75) is 13.5 Å². The zero-order valence-electron chi connectivity index (χ0n) is 7.66. The number of nitrogens with zero attached hydrogens (tertiary/aromatic N) is 2. The lowest BCUT2D eigenvalue weighted by Crippen LogP contribution is -2.11. The van der Waals surface area contributed by atoms with E-state index in [1.165, 1.54) is 0 Å². The smallest absolute Gasteiger partial charge is 0.355 e. The topological polar surface area (TPSA) is 55.0 Å². The van der Waals surface area contributed by atoms with E-state index in [9.17, 15) is 4.79 Å². The molecule has 0 amide bonds. The van der Waals surface area contributed by atoms with Crippen molar-refractivity contribution in [2.75, 3.05) is 6.61 Å². The van der Waals surface area contributed by atoms with Crippen LogP contribution in [0.2, 0.25) is 0 Å². The lowest BCUT2D eigenvalue weighted by molar-refractivity contribution is 0.0514. The van der Waals surface area contributed by atoms with Gasteiger partial charge < -0.3 is 9.30 Å². The molecule has 1 rings (SSSR count). The van der Waals surface area contributed by atoms with E-state index in [0.29, 0.717) is 12.3 Å². The Morgan fingerprint density at radius 3 is 3.07 bits per heavy atom. The van der Waals surface area contributed by atoms with Crippen molar-refractivity contribution in [1.29, 1.82) is 5.26 Å². The van der Waals surface area contributed by atoms with Gasteiger partial charge in [0.15, 0.2) is 0 Å². The molecule has 0 aliphatic heterocycles. The number of halogens is 1. The van der Waals surface area contributed by atoms with Crippen molar-refractivity contribution in [3.05, 3.63) is 22.4 Å². The molecule has 1 aromatic heterocycles. The third kappa shape index (κ3) is 2.36. The van der Waals surface area contributed by atoms with Crippen LogP contribution in [-0.4, -0.2) is 17.1 Å². The Morgan fingerprint density at radius 2 is 2.50 bits per heavy atom. The van der Waals surface area contributed by atoms with Gasteiger partial charge in [-0.15, -0.1) is 0 Å². The molecule has 0 aliphatic rings. The largest absolute Gasteiger partial charge is 0.461 e. The maximum Gasteiger partial charge on any atom is 0.355 e. The van der Waals surface area contributed by atoms with E-state index in [1.807, 2.05) is 6.07 Å².